The van der Waals surface area contributed by atoms with Crippen LogP contribution in [0.3, 0.4) is 0 Å². The van der Waals surface area contributed by atoms with Crippen molar-refractivity contribution in [3.05, 3.63) is 64.1 Å². The first-order valence-electron chi connectivity index (χ1n) is 8.41. The second-order valence-electron chi connectivity index (χ2n) is 6.65. The van der Waals surface area contributed by atoms with Gasteiger partial charge in [0.05, 0.1) is 4.90 Å². The maximum absolute atomic E-state index is 14.2. The summed E-state index contributed by atoms with van der Waals surface area (Å²) in [6.45, 7) is 2.22. The number of halogens is 2. The first-order valence-corrected chi connectivity index (χ1v) is 10.3. The molecule has 2 N–H and O–H groups in total. The van der Waals surface area contributed by atoms with Crippen molar-refractivity contribution in [1.82, 2.24) is 9.71 Å². The van der Waals surface area contributed by atoms with Crippen LogP contribution in [-0.2, 0) is 16.4 Å². The van der Waals surface area contributed by atoms with E-state index in [2.05, 4.69) is 9.71 Å². The third-order valence-electron chi connectivity index (χ3n) is 5.05. The van der Waals surface area contributed by atoms with Crippen LogP contribution in [0.1, 0.15) is 29.2 Å². The second-order valence-corrected chi connectivity index (χ2v) is 8.86. The maximum atomic E-state index is 14.2. The number of benzene rings is 2. The highest BCUT2D eigenvalue weighted by atomic mass is 35.5. The largest absolute Gasteiger partial charge is 0.358 e. The van der Waals surface area contributed by atoms with Gasteiger partial charge < -0.3 is 4.98 Å². The van der Waals surface area contributed by atoms with Crippen LogP contribution in [0.4, 0.5) is 4.39 Å². The van der Waals surface area contributed by atoms with Gasteiger partial charge in [0.15, 0.2) is 0 Å². The van der Waals surface area contributed by atoms with E-state index in [0.717, 1.165) is 27.7 Å². The number of hydrogen-bond donors (Lipinski definition) is 2. The van der Waals surface area contributed by atoms with Crippen molar-refractivity contribution in [2.24, 2.45) is 0 Å². The number of aromatic amines is 1. The predicted molar refractivity (Wildman–Crippen MR) is 101 cm³/mol. The van der Waals surface area contributed by atoms with Crippen LogP contribution in [0.15, 0.2) is 41.3 Å². The quantitative estimate of drug-likeness (QED) is 0.696. The normalized spacial score (nSPS) is 17.0. The average molecular weight is 393 g/mol. The van der Waals surface area contributed by atoms with Crippen LogP contribution in [0.25, 0.3) is 10.9 Å². The van der Waals surface area contributed by atoms with E-state index in [1.807, 2.05) is 6.92 Å². The summed E-state index contributed by atoms with van der Waals surface area (Å²) in [5, 5.41) is 1.39. The monoisotopic (exact) mass is 392 g/mol. The summed E-state index contributed by atoms with van der Waals surface area (Å²) in [5.74, 6) is -0.196. The Kier molecular flexibility index (Phi) is 4.29. The van der Waals surface area contributed by atoms with Crippen LogP contribution in [0.5, 0.6) is 0 Å². The van der Waals surface area contributed by atoms with Crippen molar-refractivity contribution >= 4 is 32.5 Å². The molecule has 1 heterocycles. The molecule has 0 saturated heterocycles. The van der Waals surface area contributed by atoms with Crippen molar-refractivity contribution in [2.45, 2.75) is 30.6 Å². The minimum atomic E-state index is -3.62. The van der Waals surface area contributed by atoms with E-state index in [9.17, 15) is 12.8 Å². The van der Waals surface area contributed by atoms with Gasteiger partial charge in [0.2, 0.25) is 10.0 Å². The minimum Gasteiger partial charge on any atom is -0.358 e. The lowest BCUT2D eigenvalue weighted by Gasteiger charge is -2.24. The summed E-state index contributed by atoms with van der Waals surface area (Å²) in [4.78, 5) is 3.47. The standard InChI is InChI=1S/C19H18ClFN2O2S/c1-11-18-12(2-7-15-16(21)8-9-17(23-11)19(15)18)10-22-26(24,25)14-5-3-13(20)4-6-14/h3-6,8-9,12,22-23H,2,7,10H2,1H3. The molecule has 136 valence electrons. The Morgan fingerprint density at radius 2 is 1.96 bits per heavy atom. The first-order chi connectivity index (χ1) is 12.4. The van der Waals surface area contributed by atoms with Crippen LogP contribution in [-0.4, -0.2) is 19.9 Å². The van der Waals surface area contributed by atoms with Gasteiger partial charge in [-0.3, -0.25) is 0 Å². The number of hydrogen-bond acceptors (Lipinski definition) is 2. The minimum absolute atomic E-state index is 0.000116. The summed E-state index contributed by atoms with van der Waals surface area (Å²) in [5.41, 5.74) is 3.60. The highest BCUT2D eigenvalue weighted by Crippen LogP contribution is 2.39. The molecular formula is C19H18ClFN2O2S. The van der Waals surface area contributed by atoms with Crippen LogP contribution in [0, 0.1) is 12.7 Å². The summed E-state index contributed by atoms with van der Waals surface area (Å²) in [6.07, 6.45) is 1.30. The van der Waals surface area contributed by atoms with Gasteiger partial charge in [-0.2, -0.15) is 0 Å². The molecule has 2 aromatic carbocycles. The second kappa shape index (κ2) is 6.37. The van der Waals surface area contributed by atoms with Gasteiger partial charge in [0, 0.05) is 34.1 Å². The third kappa shape index (κ3) is 2.92. The Bertz CT molecular complexity index is 1090. The molecule has 3 aromatic rings. The molecule has 0 fully saturated rings. The fourth-order valence-electron chi connectivity index (χ4n) is 3.82. The molecule has 0 radical (unpaired) electrons. The number of H-pyrrole nitrogens is 1. The number of nitrogens with one attached hydrogen (secondary N) is 2. The molecule has 7 heteroatoms. The lowest BCUT2D eigenvalue weighted by atomic mass is 9.83. The first kappa shape index (κ1) is 17.5. The highest BCUT2D eigenvalue weighted by molar-refractivity contribution is 7.89. The smallest absolute Gasteiger partial charge is 0.240 e. The van der Waals surface area contributed by atoms with E-state index in [1.165, 1.54) is 18.2 Å². The van der Waals surface area contributed by atoms with E-state index >= 15 is 0 Å². The molecule has 1 aliphatic carbocycles. The lowest BCUT2D eigenvalue weighted by Crippen LogP contribution is -2.30. The molecule has 0 amide bonds. The number of aryl methyl sites for hydroxylation is 2. The van der Waals surface area contributed by atoms with Crippen LogP contribution in [0.2, 0.25) is 5.02 Å². The Morgan fingerprint density at radius 1 is 1.23 bits per heavy atom. The van der Waals surface area contributed by atoms with E-state index < -0.39 is 10.0 Å². The Labute approximate surface area is 156 Å². The SMILES string of the molecule is Cc1[nH]c2ccc(F)c3c2c1C(CNS(=O)(=O)c1ccc(Cl)cc1)CC3. The van der Waals surface area contributed by atoms with Gasteiger partial charge >= 0.3 is 0 Å². The van der Waals surface area contributed by atoms with Gasteiger partial charge in [-0.15, -0.1) is 0 Å². The maximum Gasteiger partial charge on any atom is 0.240 e. The van der Waals surface area contributed by atoms with Gasteiger partial charge in [0.1, 0.15) is 5.82 Å². The molecule has 1 aromatic heterocycles. The lowest BCUT2D eigenvalue weighted by molar-refractivity contribution is 0.545. The zero-order valence-electron chi connectivity index (χ0n) is 14.1. The van der Waals surface area contributed by atoms with Crippen LogP contribution < -0.4 is 4.72 Å². The van der Waals surface area contributed by atoms with Gasteiger partial charge in [0.25, 0.3) is 0 Å². The Hall–Kier alpha value is -1.89. The van der Waals surface area contributed by atoms with Gasteiger partial charge in [-0.05, 0) is 67.3 Å². The predicted octanol–water partition coefficient (Wildman–Crippen LogP) is 4.28. The molecule has 26 heavy (non-hydrogen) atoms. The van der Waals surface area contributed by atoms with E-state index in [1.54, 1.807) is 18.2 Å². The molecular weight excluding hydrogens is 375 g/mol. The van der Waals surface area contributed by atoms with Gasteiger partial charge in [-0.25, -0.2) is 17.5 Å². The summed E-state index contributed by atoms with van der Waals surface area (Å²) < 4.78 is 41.9. The van der Waals surface area contributed by atoms with Crippen LogP contribution >= 0.6 is 11.6 Å². The molecule has 1 aliphatic rings. The topological polar surface area (TPSA) is 62.0 Å². The Morgan fingerprint density at radius 3 is 2.69 bits per heavy atom. The summed E-state index contributed by atoms with van der Waals surface area (Å²) in [7, 11) is -3.62. The van der Waals surface area contributed by atoms with E-state index in [-0.39, 0.29) is 23.2 Å². The third-order valence-corrected chi connectivity index (χ3v) is 6.74. The molecule has 4 rings (SSSR count). The molecule has 0 spiro atoms. The van der Waals surface area contributed by atoms with Crippen molar-refractivity contribution in [3.63, 3.8) is 0 Å². The molecule has 1 unspecified atom stereocenters. The summed E-state index contributed by atoms with van der Waals surface area (Å²) >= 11 is 5.82. The summed E-state index contributed by atoms with van der Waals surface area (Å²) in [6, 6.07) is 9.29. The van der Waals surface area contributed by atoms with Crippen molar-refractivity contribution < 1.29 is 12.8 Å². The fraction of sp³-hybridized carbons (Fsp3) is 0.263. The van der Waals surface area contributed by atoms with Gasteiger partial charge in [-0.1, -0.05) is 11.6 Å². The zero-order valence-corrected chi connectivity index (χ0v) is 15.7. The number of rotatable bonds is 4. The molecule has 0 bridgehead atoms. The van der Waals surface area contributed by atoms with E-state index in [0.29, 0.717) is 17.9 Å². The highest BCUT2D eigenvalue weighted by Gasteiger charge is 2.28. The number of sulfonamides is 1. The van der Waals surface area contributed by atoms with Crippen molar-refractivity contribution in [1.29, 1.82) is 0 Å². The van der Waals surface area contributed by atoms with Crippen molar-refractivity contribution in [2.75, 3.05) is 6.54 Å². The fourth-order valence-corrected chi connectivity index (χ4v) is 5.03. The number of aromatic nitrogens is 1. The van der Waals surface area contributed by atoms with E-state index in [4.69, 9.17) is 11.6 Å². The van der Waals surface area contributed by atoms with Crippen molar-refractivity contribution in [3.8, 4) is 0 Å². The Balaban J connectivity index is 1.63. The average Bonchev–Trinajstić information content (AvgIpc) is 2.95. The molecule has 0 saturated carbocycles. The molecule has 1 atom stereocenters. The zero-order chi connectivity index (χ0) is 18.5. The molecule has 4 nitrogen and oxygen atoms in total. The molecule has 0 aliphatic heterocycles.